The lowest BCUT2D eigenvalue weighted by Gasteiger charge is -2.04. The Hall–Kier alpha value is -2.03. The van der Waals surface area contributed by atoms with Crippen LogP contribution in [0.3, 0.4) is 0 Å². The number of nitrogens with two attached hydrogens (primary N) is 1. The predicted octanol–water partition coefficient (Wildman–Crippen LogP) is 4.51. The van der Waals surface area contributed by atoms with Crippen LogP contribution < -0.4 is 10.5 Å². The van der Waals surface area contributed by atoms with Crippen molar-refractivity contribution in [3.63, 3.8) is 0 Å². The molecule has 0 bridgehead atoms. The molecule has 0 fully saturated rings. The van der Waals surface area contributed by atoms with E-state index in [1.54, 1.807) is 24.5 Å². The minimum Gasteiger partial charge on any atom is -0.456 e. The van der Waals surface area contributed by atoms with Gasteiger partial charge in [-0.2, -0.15) is 0 Å². The molecule has 1 aromatic carbocycles. The summed E-state index contributed by atoms with van der Waals surface area (Å²) < 4.78 is 5.52. The van der Waals surface area contributed by atoms with Crippen molar-refractivity contribution in [1.82, 2.24) is 4.98 Å². The smallest absolute Gasteiger partial charge is 0.145 e. The number of pyridine rings is 1. The van der Waals surface area contributed by atoms with Gasteiger partial charge in [-0.15, -0.1) is 0 Å². The molecule has 0 saturated heterocycles. The maximum absolute atomic E-state index is 5.55. The van der Waals surface area contributed by atoms with E-state index in [9.17, 15) is 0 Å². The van der Waals surface area contributed by atoms with E-state index in [-0.39, 0.29) is 0 Å². The molecule has 0 aliphatic carbocycles. The Labute approximate surface area is 110 Å². The number of benzene rings is 1. The van der Waals surface area contributed by atoms with Gasteiger partial charge in [-0.1, -0.05) is 27.7 Å². The van der Waals surface area contributed by atoms with Crippen LogP contribution >= 0.6 is 0 Å². The summed E-state index contributed by atoms with van der Waals surface area (Å²) in [5.41, 5.74) is 6.28. The quantitative estimate of drug-likeness (QED) is 0.793. The molecule has 3 heteroatoms. The molecule has 0 radical (unpaired) electrons. The van der Waals surface area contributed by atoms with Crippen LogP contribution in [0.1, 0.15) is 27.7 Å². The summed E-state index contributed by atoms with van der Waals surface area (Å²) >= 11 is 0. The van der Waals surface area contributed by atoms with E-state index >= 15 is 0 Å². The highest BCUT2D eigenvalue weighted by Gasteiger charge is 1.95. The summed E-state index contributed by atoms with van der Waals surface area (Å²) in [4.78, 5) is 3.95. The molecular weight excluding hydrogens is 224 g/mol. The van der Waals surface area contributed by atoms with E-state index in [0.29, 0.717) is 0 Å². The Morgan fingerprint density at radius 1 is 0.889 bits per heavy atom. The number of hydrogen-bond donors (Lipinski definition) is 1. The topological polar surface area (TPSA) is 48.1 Å². The lowest BCUT2D eigenvalue weighted by Crippen LogP contribution is -1.86. The molecule has 2 N–H and O–H groups in total. The Balaban J connectivity index is 0.000000659. The molecule has 18 heavy (non-hydrogen) atoms. The van der Waals surface area contributed by atoms with Crippen LogP contribution in [0.5, 0.6) is 11.5 Å². The number of nitrogen functional groups attached to an aromatic ring is 1. The van der Waals surface area contributed by atoms with Crippen molar-refractivity contribution in [1.29, 1.82) is 0 Å². The molecule has 0 amide bonds. The third kappa shape index (κ3) is 5.89. The maximum atomic E-state index is 5.55. The Bertz CT molecular complexity index is 399. The summed E-state index contributed by atoms with van der Waals surface area (Å²) in [5.74, 6) is 1.48. The van der Waals surface area contributed by atoms with Crippen molar-refractivity contribution in [3.05, 3.63) is 48.8 Å². The van der Waals surface area contributed by atoms with E-state index in [4.69, 9.17) is 10.5 Å². The zero-order chi connectivity index (χ0) is 13.8. The second kappa shape index (κ2) is 10.1. The van der Waals surface area contributed by atoms with Crippen molar-refractivity contribution < 1.29 is 4.74 Å². The van der Waals surface area contributed by atoms with Crippen LogP contribution in [-0.2, 0) is 0 Å². The SMILES string of the molecule is CC.CC.Nc1ccc(Oc2cccnc2)cc1. The minimum atomic E-state index is 0.720. The first-order valence-electron chi connectivity index (χ1n) is 6.28. The highest BCUT2D eigenvalue weighted by molar-refractivity contribution is 5.42. The number of nitrogens with zero attached hydrogens (tertiary/aromatic N) is 1. The van der Waals surface area contributed by atoms with E-state index in [1.807, 2.05) is 52.0 Å². The van der Waals surface area contributed by atoms with Crippen LogP contribution in [-0.4, -0.2) is 4.98 Å². The fourth-order valence-corrected chi connectivity index (χ4v) is 1.08. The van der Waals surface area contributed by atoms with E-state index in [1.165, 1.54) is 0 Å². The van der Waals surface area contributed by atoms with Gasteiger partial charge in [0.2, 0.25) is 0 Å². The fourth-order valence-electron chi connectivity index (χ4n) is 1.08. The molecule has 2 rings (SSSR count). The largest absolute Gasteiger partial charge is 0.456 e. The molecule has 0 unspecified atom stereocenters. The number of rotatable bonds is 2. The van der Waals surface area contributed by atoms with Crippen molar-refractivity contribution in [2.45, 2.75) is 27.7 Å². The van der Waals surface area contributed by atoms with Gasteiger partial charge in [-0.05, 0) is 36.4 Å². The van der Waals surface area contributed by atoms with Crippen molar-refractivity contribution in [3.8, 4) is 11.5 Å². The third-order valence-corrected chi connectivity index (χ3v) is 1.75. The first-order valence-corrected chi connectivity index (χ1v) is 6.28. The molecule has 1 aromatic heterocycles. The molecule has 0 atom stereocenters. The molecule has 0 aliphatic heterocycles. The lowest BCUT2D eigenvalue weighted by atomic mass is 10.3. The molecule has 2 aromatic rings. The predicted molar refractivity (Wildman–Crippen MR) is 77.9 cm³/mol. The van der Waals surface area contributed by atoms with Gasteiger partial charge in [0, 0.05) is 11.9 Å². The van der Waals surface area contributed by atoms with Crippen LogP contribution in [0.15, 0.2) is 48.8 Å². The number of hydrogen-bond acceptors (Lipinski definition) is 3. The fraction of sp³-hybridized carbons (Fsp3) is 0.267. The van der Waals surface area contributed by atoms with Crippen LogP contribution in [0.2, 0.25) is 0 Å². The van der Waals surface area contributed by atoms with Crippen molar-refractivity contribution in [2.24, 2.45) is 0 Å². The van der Waals surface area contributed by atoms with Gasteiger partial charge in [-0.25, -0.2) is 0 Å². The van der Waals surface area contributed by atoms with Gasteiger partial charge >= 0.3 is 0 Å². The molecule has 0 saturated carbocycles. The van der Waals surface area contributed by atoms with Crippen LogP contribution in [0.25, 0.3) is 0 Å². The molecule has 0 aliphatic rings. The molecule has 98 valence electrons. The average Bonchev–Trinajstić information content (AvgIpc) is 2.47. The van der Waals surface area contributed by atoms with Gasteiger partial charge in [0.15, 0.2) is 0 Å². The van der Waals surface area contributed by atoms with Gasteiger partial charge < -0.3 is 10.5 Å². The summed E-state index contributed by atoms with van der Waals surface area (Å²) in [6, 6.07) is 10.9. The highest BCUT2D eigenvalue weighted by Crippen LogP contribution is 2.20. The second-order valence-corrected chi connectivity index (χ2v) is 2.86. The number of anilines is 1. The zero-order valence-corrected chi connectivity index (χ0v) is 11.6. The van der Waals surface area contributed by atoms with Crippen LogP contribution in [0.4, 0.5) is 5.69 Å². The number of aromatic nitrogens is 1. The summed E-state index contributed by atoms with van der Waals surface area (Å²) in [5, 5.41) is 0. The maximum Gasteiger partial charge on any atom is 0.145 e. The molecular formula is C15H22N2O. The Morgan fingerprint density at radius 2 is 1.50 bits per heavy atom. The first kappa shape index (κ1) is 16.0. The van der Waals surface area contributed by atoms with Gasteiger partial charge in [0.05, 0.1) is 6.20 Å². The van der Waals surface area contributed by atoms with E-state index < -0.39 is 0 Å². The standard InChI is InChI=1S/C11H10N2O.2C2H6/c12-9-3-5-10(6-4-9)14-11-2-1-7-13-8-11;2*1-2/h1-8H,12H2;2*1-2H3. The Morgan fingerprint density at radius 3 is 2.00 bits per heavy atom. The van der Waals surface area contributed by atoms with Gasteiger partial charge in [0.25, 0.3) is 0 Å². The van der Waals surface area contributed by atoms with Gasteiger partial charge in [-0.3, -0.25) is 4.98 Å². The summed E-state index contributed by atoms with van der Waals surface area (Å²) in [6.45, 7) is 8.00. The highest BCUT2D eigenvalue weighted by atomic mass is 16.5. The monoisotopic (exact) mass is 246 g/mol. The zero-order valence-electron chi connectivity index (χ0n) is 11.6. The average molecular weight is 246 g/mol. The molecule has 3 nitrogen and oxygen atoms in total. The molecule has 1 heterocycles. The summed E-state index contributed by atoms with van der Waals surface area (Å²) in [6.07, 6.45) is 3.37. The summed E-state index contributed by atoms with van der Waals surface area (Å²) in [7, 11) is 0. The Kier molecular flexibility index (Phi) is 9.00. The number of ether oxygens (including phenoxy) is 1. The van der Waals surface area contributed by atoms with Crippen molar-refractivity contribution in [2.75, 3.05) is 5.73 Å². The second-order valence-electron chi connectivity index (χ2n) is 2.86. The van der Waals surface area contributed by atoms with Gasteiger partial charge in [0.1, 0.15) is 11.5 Å². The molecule has 0 spiro atoms. The lowest BCUT2D eigenvalue weighted by molar-refractivity contribution is 0.480. The van der Waals surface area contributed by atoms with E-state index in [2.05, 4.69) is 4.98 Å². The van der Waals surface area contributed by atoms with Crippen LogP contribution in [0, 0.1) is 0 Å². The minimum absolute atomic E-state index is 0.720. The first-order chi connectivity index (χ1) is 8.84. The normalized spacial score (nSPS) is 8.22. The van der Waals surface area contributed by atoms with E-state index in [0.717, 1.165) is 17.2 Å². The van der Waals surface area contributed by atoms with Crippen molar-refractivity contribution >= 4 is 5.69 Å². The third-order valence-electron chi connectivity index (χ3n) is 1.75.